The molecule has 0 saturated heterocycles. The molecule has 0 bridgehead atoms. The van der Waals surface area contributed by atoms with E-state index < -0.39 is 17.3 Å². The van der Waals surface area contributed by atoms with Gasteiger partial charge in [-0.3, -0.25) is 9.78 Å². The van der Waals surface area contributed by atoms with Crippen LogP contribution in [0.5, 0.6) is 0 Å². The van der Waals surface area contributed by atoms with E-state index in [4.69, 9.17) is 16.6 Å². The zero-order chi connectivity index (χ0) is 13.6. The summed E-state index contributed by atoms with van der Waals surface area (Å²) >= 11 is 0. The van der Waals surface area contributed by atoms with E-state index in [-0.39, 0.29) is 12.0 Å². The molecule has 0 radical (unpaired) electrons. The van der Waals surface area contributed by atoms with Gasteiger partial charge in [-0.1, -0.05) is 0 Å². The zero-order valence-electron chi connectivity index (χ0n) is 10.0. The van der Waals surface area contributed by atoms with Crippen LogP contribution in [0.15, 0.2) is 24.5 Å². The summed E-state index contributed by atoms with van der Waals surface area (Å²) in [6.45, 7) is 0.441. The molecule has 18 heavy (non-hydrogen) atoms. The Morgan fingerprint density at radius 3 is 2.61 bits per heavy atom. The van der Waals surface area contributed by atoms with Crippen LogP contribution in [0.3, 0.4) is 0 Å². The van der Waals surface area contributed by atoms with Crippen molar-refractivity contribution in [1.82, 2.24) is 4.98 Å². The highest BCUT2D eigenvalue weighted by Gasteiger charge is 2.41. The standard InChI is InChI=1S/C12H17N3O3/c13-6-2-1-5-12(14,11(17)18)10(16)9-4-3-7-15-8-9/h3-4,7-8H,1-2,5-6,13-14H2,(H,17,18)/t12-/m1/s1. The maximum Gasteiger partial charge on any atom is 0.331 e. The second-order valence-corrected chi connectivity index (χ2v) is 4.09. The molecule has 1 atom stereocenters. The monoisotopic (exact) mass is 251 g/mol. The van der Waals surface area contributed by atoms with E-state index in [1.807, 2.05) is 0 Å². The van der Waals surface area contributed by atoms with Gasteiger partial charge in [0.05, 0.1) is 0 Å². The van der Waals surface area contributed by atoms with Crippen LogP contribution < -0.4 is 11.5 Å². The molecule has 0 spiro atoms. The number of pyridine rings is 1. The molecule has 0 aromatic carbocycles. The second kappa shape index (κ2) is 6.23. The summed E-state index contributed by atoms with van der Waals surface area (Å²) < 4.78 is 0. The molecule has 1 aromatic heterocycles. The highest BCUT2D eigenvalue weighted by molar-refractivity contribution is 6.15. The van der Waals surface area contributed by atoms with Gasteiger partial charge in [-0.2, -0.15) is 0 Å². The summed E-state index contributed by atoms with van der Waals surface area (Å²) in [7, 11) is 0. The molecule has 0 unspecified atom stereocenters. The summed E-state index contributed by atoms with van der Waals surface area (Å²) in [6, 6.07) is 3.07. The van der Waals surface area contributed by atoms with Gasteiger partial charge in [0.25, 0.3) is 0 Å². The van der Waals surface area contributed by atoms with Gasteiger partial charge >= 0.3 is 5.97 Å². The van der Waals surface area contributed by atoms with Crippen LogP contribution in [0, 0.1) is 0 Å². The first-order valence-electron chi connectivity index (χ1n) is 5.69. The van der Waals surface area contributed by atoms with Crippen molar-refractivity contribution in [2.24, 2.45) is 11.5 Å². The van der Waals surface area contributed by atoms with Crippen molar-refractivity contribution in [3.05, 3.63) is 30.1 Å². The lowest BCUT2D eigenvalue weighted by molar-refractivity contribution is -0.141. The number of aromatic nitrogens is 1. The Morgan fingerprint density at radius 1 is 1.39 bits per heavy atom. The molecule has 98 valence electrons. The molecule has 1 heterocycles. The summed E-state index contributed by atoms with van der Waals surface area (Å²) in [4.78, 5) is 27.1. The highest BCUT2D eigenvalue weighted by Crippen LogP contribution is 2.18. The molecule has 6 heteroatoms. The van der Waals surface area contributed by atoms with Gasteiger partial charge in [0.15, 0.2) is 11.3 Å². The number of carbonyl (C=O) groups excluding carboxylic acids is 1. The van der Waals surface area contributed by atoms with Crippen molar-refractivity contribution in [3.63, 3.8) is 0 Å². The van der Waals surface area contributed by atoms with Crippen molar-refractivity contribution < 1.29 is 14.7 Å². The first-order valence-corrected chi connectivity index (χ1v) is 5.69. The number of ketones is 1. The molecule has 5 N–H and O–H groups in total. The molecular weight excluding hydrogens is 234 g/mol. The number of nitrogens with zero attached hydrogens (tertiary/aromatic N) is 1. The molecule has 1 rings (SSSR count). The van der Waals surface area contributed by atoms with Crippen molar-refractivity contribution in [3.8, 4) is 0 Å². The van der Waals surface area contributed by atoms with E-state index in [0.29, 0.717) is 19.4 Å². The van der Waals surface area contributed by atoms with Gasteiger partial charge in [-0.05, 0) is 37.9 Å². The van der Waals surface area contributed by atoms with Gasteiger partial charge in [0, 0.05) is 18.0 Å². The Balaban J connectivity index is 2.91. The number of hydrogen-bond acceptors (Lipinski definition) is 5. The van der Waals surface area contributed by atoms with E-state index in [9.17, 15) is 9.59 Å². The van der Waals surface area contributed by atoms with Gasteiger partial charge in [0.1, 0.15) is 0 Å². The predicted molar refractivity (Wildman–Crippen MR) is 66.0 cm³/mol. The van der Waals surface area contributed by atoms with E-state index in [0.717, 1.165) is 0 Å². The Kier molecular flexibility index (Phi) is 4.94. The Hall–Kier alpha value is -1.79. The van der Waals surface area contributed by atoms with E-state index in [1.54, 1.807) is 6.07 Å². The quantitative estimate of drug-likeness (QED) is 0.361. The molecule has 0 saturated carbocycles. The summed E-state index contributed by atoms with van der Waals surface area (Å²) in [5.41, 5.74) is 9.38. The van der Waals surface area contributed by atoms with Crippen LogP contribution >= 0.6 is 0 Å². The smallest absolute Gasteiger partial charge is 0.331 e. The van der Waals surface area contributed by atoms with Crippen molar-refractivity contribution in [1.29, 1.82) is 0 Å². The molecule has 0 aliphatic carbocycles. The highest BCUT2D eigenvalue weighted by atomic mass is 16.4. The average molecular weight is 251 g/mol. The summed E-state index contributed by atoms with van der Waals surface area (Å²) in [6.07, 6.45) is 4.01. The van der Waals surface area contributed by atoms with Crippen LogP contribution in [0.25, 0.3) is 0 Å². The number of aliphatic carboxylic acids is 1. The van der Waals surface area contributed by atoms with Crippen LogP contribution in [-0.2, 0) is 4.79 Å². The maximum atomic E-state index is 12.1. The normalized spacial score (nSPS) is 13.9. The predicted octanol–water partition coefficient (Wildman–Crippen LogP) is 0.175. The number of nitrogens with two attached hydrogens (primary N) is 2. The SMILES string of the molecule is NCCCC[C@](N)(C(=O)O)C(=O)c1cccnc1. The Labute approximate surface area is 105 Å². The minimum atomic E-state index is -1.90. The number of hydrogen-bond donors (Lipinski definition) is 3. The lowest BCUT2D eigenvalue weighted by atomic mass is 9.86. The minimum Gasteiger partial charge on any atom is -0.480 e. The Morgan fingerprint density at radius 2 is 2.11 bits per heavy atom. The lowest BCUT2D eigenvalue weighted by Gasteiger charge is -2.22. The number of Topliss-reactive ketones (excluding diaryl/α,β-unsaturated/α-hetero) is 1. The fourth-order valence-electron chi connectivity index (χ4n) is 1.62. The molecule has 0 aliphatic rings. The third kappa shape index (κ3) is 3.12. The minimum absolute atomic E-state index is 0.0628. The van der Waals surface area contributed by atoms with Gasteiger partial charge in [-0.25, -0.2) is 4.79 Å². The molecule has 1 aromatic rings. The first kappa shape index (κ1) is 14.3. The van der Waals surface area contributed by atoms with Crippen molar-refractivity contribution in [2.45, 2.75) is 24.8 Å². The number of unbranched alkanes of at least 4 members (excludes halogenated alkanes) is 1. The van der Waals surface area contributed by atoms with Gasteiger partial charge in [0.2, 0.25) is 0 Å². The van der Waals surface area contributed by atoms with E-state index >= 15 is 0 Å². The van der Waals surface area contributed by atoms with E-state index in [1.165, 1.54) is 18.5 Å². The van der Waals surface area contributed by atoms with Crippen molar-refractivity contribution >= 4 is 11.8 Å². The van der Waals surface area contributed by atoms with Gasteiger partial charge in [-0.15, -0.1) is 0 Å². The second-order valence-electron chi connectivity index (χ2n) is 4.09. The van der Waals surface area contributed by atoms with Crippen LogP contribution in [0.4, 0.5) is 0 Å². The fraction of sp³-hybridized carbons (Fsp3) is 0.417. The Bertz CT molecular complexity index is 422. The number of rotatable bonds is 7. The zero-order valence-corrected chi connectivity index (χ0v) is 10.0. The lowest BCUT2D eigenvalue weighted by Crippen LogP contribution is -2.55. The number of carboxylic acid groups (broad SMARTS) is 1. The molecular formula is C12H17N3O3. The first-order chi connectivity index (χ1) is 8.52. The van der Waals surface area contributed by atoms with Crippen LogP contribution in [0.2, 0.25) is 0 Å². The molecule has 0 fully saturated rings. The molecule has 6 nitrogen and oxygen atoms in total. The largest absolute Gasteiger partial charge is 0.480 e. The molecule has 0 amide bonds. The summed E-state index contributed by atoms with van der Waals surface area (Å²) in [5, 5.41) is 9.17. The fourth-order valence-corrected chi connectivity index (χ4v) is 1.62. The third-order valence-electron chi connectivity index (χ3n) is 2.74. The van der Waals surface area contributed by atoms with Gasteiger partial charge < -0.3 is 16.6 Å². The topological polar surface area (TPSA) is 119 Å². The number of carboxylic acids is 1. The van der Waals surface area contributed by atoms with Crippen LogP contribution in [-0.4, -0.2) is 33.9 Å². The van der Waals surface area contributed by atoms with E-state index in [2.05, 4.69) is 4.98 Å². The number of carbonyl (C=O) groups is 2. The average Bonchev–Trinajstić information content (AvgIpc) is 2.38. The summed E-state index contributed by atoms with van der Waals surface area (Å²) in [5.74, 6) is -1.95. The van der Waals surface area contributed by atoms with Crippen LogP contribution in [0.1, 0.15) is 29.6 Å². The third-order valence-corrected chi connectivity index (χ3v) is 2.74. The maximum absolute atomic E-state index is 12.1. The molecule has 0 aliphatic heterocycles. The van der Waals surface area contributed by atoms with Crippen molar-refractivity contribution in [2.75, 3.05) is 6.54 Å².